The number of ether oxygens (including phenoxy) is 1. The molecule has 5 nitrogen and oxygen atoms in total. The minimum absolute atomic E-state index is 0.330. The summed E-state index contributed by atoms with van der Waals surface area (Å²) in [5.74, 6) is 1.61. The van der Waals surface area contributed by atoms with Crippen LogP contribution in [0.5, 0.6) is 0 Å². The molecule has 0 aromatic carbocycles. The molecule has 5 heteroatoms. The van der Waals surface area contributed by atoms with Gasteiger partial charge in [0.05, 0.1) is 12.3 Å². The van der Waals surface area contributed by atoms with E-state index in [4.69, 9.17) is 14.3 Å². The van der Waals surface area contributed by atoms with E-state index in [1.54, 1.807) is 6.92 Å². The van der Waals surface area contributed by atoms with Crippen LogP contribution in [0, 0.1) is 12.8 Å². The van der Waals surface area contributed by atoms with Crippen LogP contribution in [0.25, 0.3) is 11.3 Å². The molecule has 0 radical (unpaired) electrons. The maximum Gasteiger partial charge on any atom is 0.374 e. The van der Waals surface area contributed by atoms with Crippen LogP contribution in [-0.2, 0) is 24.1 Å². The highest BCUT2D eigenvalue weighted by molar-refractivity contribution is 5.91. The molecule has 2 aromatic rings. The van der Waals surface area contributed by atoms with Gasteiger partial charge in [0.2, 0.25) is 5.76 Å². The second-order valence-electron chi connectivity index (χ2n) is 6.24. The number of furan rings is 1. The summed E-state index contributed by atoms with van der Waals surface area (Å²) in [7, 11) is 0. The summed E-state index contributed by atoms with van der Waals surface area (Å²) in [6.45, 7) is 5.08. The van der Waals surface area contributed by atoms with Gasteiger partial charge in [-0.25, -0.2) is 4.79 Å². The van der Waals surface area contributed by atoms with Crippen molar-refractivity contribution in [1.29, 1.82) is 0 Å². The van der Waals surface area contributed by atoms with Gasteiger partial charge in [0.15, 0.2) is 0 Å². The fraction of sp³-hybridized carbons (Fsp3) is 0.529. The van der Waals surface area contributed by atoms with E-state index in [9.17, 15) is 4.79 Å². The Hall–Kier alpha value is -2.04. The second kappa shape index (κ2) is 5.00. The lowest BCUT2D eigenvalue weighted by Gasteiger charge is -2.09. The van der Waals surface area contributed by atoms with Crippen LogP contribution in [0.15, 0.2) is 10.6 Å². The van der Waals surface area contributed by atoms with Gasteiger partial charge in [0, 0.05) is 30.3 Å². The molecular formula is C17H20N2O3. The normalized spacial score (nSPS) is 16.3. The molecule has 2 heterocycles. The van der Waals surface area contributed by atoms with Crippen molar-refractivity contribution in [1.82, 2.24) is 9.78 Å². The average molecular weight is 300 g/mol. The summed E-state index contributed by atoms with van der Waals surface area (Å²) >= 11 is 0. The van der Waals surface area contributed by atoms with Crippen LogP contribution >= 0.6 is 0 Å². The summed E-state index contributed by atoms with van der Waals surface area (Å²) in [5.41, 5.74) is 4.09. The first-order chi connectivity index (χ1) is 10.7. The standard InChI is InChI=1S/C17H20N2O3/c1-3-21-17(20)16-10(2)14-13(22-16)7-6-12-9-19(18-15(12)14)8-11-4-5-11/h9,11H,3-8H2,1-2H3. The first-order valence-corrected chi connectivity index (χ1v) is 8.03. The third-order valence-corrected chi connectivity index (χ3v) is 4.52. The molecule has 0 N–H and O–H groups in total. The lowest BCUT2D eigenvalue weighted by atomic mass is 9.94. The molecule has 116 valence electrons. The van der Waals surface area contributed by atoms with E-state index in [0.717, 1.165) is 47.9 Å². The Morgan fingerprint density at radius 3 is 3.00 bits per heavy atom. The zero-order chi connectivity index (χ0) is 15.3. The van der Waals surface area contributed by atoms with Gasteiger partial charge in [0.1, 0.15) is 5.76 Å². The number of nitrogens with zero attached hydrogens (tertiary/aromatic N) is 2. The molecule has 0 saturated heterocycles. The lowest BCUT2D eigenvalue weighted by Crippen LogP contribution is -2.05. The Morgan fingerprint density at radius 1 is 1.45 bits per heavy atom. The minimum Gasteiger partial charge on any atom is -0.460 e. The molecule has 0 amide bonds. The third-order valence-electron chi connectivity index (χ3n) is 4.52. The van der Waals surface area contributed by atoms with Crippen LogP contribution in [0.2, 0.25) is 0 Å². The van der Waals surface area contributed by atoms with Crippen molar-refractivity contribution >= 4 is 5.97 Å². The highest BCUT2D eigenvalue weighted by atomic mass is 16.5. The van der Waals surface area contributed by atoms with Crippen molar-refractivity contribution in [3.05, 3.63) is 28.8 Å². The summed E-state index contributed by atoms with van der Waals surface area (Å²) in [6, 6.07) is 0. The topological polar surface area (TPSA) is 57.3 Å². The number of fused-ring (bicyclic) bond motifs is 3. The predicted octanol–water partition coefficient (Wildman–Crippen LogP) is 3.14. The van der Waals surface area contributed by atoms with Gasteiger partial charge in [-0.15, -0.1) is 0 Å². The highest BCUT2D eigenvalue weighted by Crippen LogP contribution is 2.39. The molecule has 4 rings (SSSR count). The first-order valence-electron chi connectivity index (χ1n) is 8.03. The Morgan fingerprint density at radius 2 is 2.27 bits per heavy atom. The zero-order valence-electron chi connectivity index (χ0n) is 13.0. The number of carbonyl (C=O) groups excluding carboxylic acids is 1. The van der Waals surface area contributed by atoms with Crippen molar-refractivity contribution in [2.45, 2.75) is 46.1 Å². The fourth-order valence-electron chi connectivity index (χ4n) is 3.21. The van der Waals surface area contributed by atoms with Gasteiger partial charge >= 0.3 is 5.97 Å². The number of hydrogen-bond donors (Lipinski definition) is 0. The molecule has 0 spiro atoms. The monoisotopic (exact) mass is 300 g/mol. The largest absolute Gasteiger partial charge is 0.460 e. The highest BCUT2D eigenvalue weighted by Gasteiger charge is 2.31. The maximum absolute atomic E-state index is 12.0. The van der Waals surface area contributed by atoms with E-state index in [2.05, 4.69) is 10.9 Å². The molecule has 0 unspecified atom stereocenters. The molecule has 2 aliphatic rings. The van der Waals surface area contributed by atoms with Gasteiger partial charge in [-0.05, 0) is 44.6 Å². The van der Waals surface area contributed by atoms with Crippen LogP contribution in [0.3, 0.4) is 0 Å². The minimum atomic E-state index is -0.381. The number of aromatic nitrogens is 2. The molecule has 0 bridgehead atoms. The SMILES string of the molecule is CCOC(=O)c1oc2c(c1C)-c1nn(CC3CC3)cc1CC2. The molecule has 2 aliphatic carbocycles. The molecular weight excluding hydrogens is 280 g/mol. The lowest BCUT2D eigenvalue weighted by molar-refractivity contribution is 0.0487. The van der Waals surface area contributed by atoms with Crippen LogP contribution in [-0.4, -0.2) is 22.4 Å². The summed E-state index contributed by atoms with van der Waals surface area (Å²) in [6.07, 6.45) is 6.52. The summed E-state index contributed by atoms with van der Waals surface area (Å²) in [5, 5.41) is 4.76. The van der Waals surface area contributed by atoms with Crippen molar-refractivity contribution in [3.63, 3.8) is 0 Å². The van der Waals surface area contributed by atoms with Crippen molar-refractivity contribution in [2.24, 2.45) is 5.92 Å². The van der Waals surface area contributed by atoms with Crippen molar-refractivity contribution < 1.29 is 13.9 Å². The zero-order valence-corrected chi connectivity index (χ0v) is 13.0. The Bertz CT molecular complexity index is 737. The average Bonchev–Trinajstić information content (AvgIpc) is 3.09. The van der Waals surface area contributed by atoms with Crippen LogP contribution in [0.1, 0.15) is 47.2 Å². The van der Waals surface area contributed by atoms with Gasteiger partial charge < -0.3 is 9.15 Å². The van der Waals surface area contributed by atoms with E-state index in [1.807, 2.05) is 6.92 Å². The summed E-state index contributed by atoms with van der Waals surface area (Å²) < 4.78 is 12.9. The van der Waals surface area contributed by atoms with Crippen LogP contribution < -0.4 is 0 Å². The molecule has 1 fully saturated rings. The molecule has 0 aliphatic heterocycles. The number of hydrogen-bond acceptors (Lipinski definition) is 4. The molecule has 2 aromatic heterocycles. The van der Waals surface area contributed by atoms with E-state index in [-0.39, 0.29) is 5.97 Å². The second-order valence-corrected chi connectivity index (χ2v) is 6.24. The Labute approximate surface area is 129 Å². The predicted molar refractivity (Wildman–Crippen MR) is 80.8 cm³/mol. The molecule has 1 saturated carbocycles. The number of carbonyl (C=O) groups is 1. The summed E-state index contributed by atoms with van der Waals surface area (Å²) in [4.78, 5) is 12.0. The Balaban J connectivity index is 1.73. The van der Waals surface area contributed by atoms with Crippen molar-refractivity contribution in [2.75, 3.05) is 6.61 Å². The fourth-order valence-corrected chi connectivity index (χ4v) is 3.21. The molecule has 0 atom stereocenters. The van der Waals surface area contributed by atoms with E-state index < -0.39 is 0 Å². The van der Waals surface area contributed by atoms with E-state index in [1.165, 1.54) is 18.4 Å². The maximum atomic E-state index is 12.0. The van der Waals surface area contributed by atoms with Gasteiger partial charge in [-0.3, -0.25) is 4.68 Å². The van der Waals surface area contributed by atoms with E-state index in [0.29, 0.717) is 12.4 Å². The number of esters is 1. The Kier molecular flexibility index (Phi) is 3.10. The smallest absolute Gasteiger partial charge is 0.374 e. The van der Waals surface area contributed by atoms with Crippen LogP contribution in [0.4, 0.5) is 0 Å². The quantitative estimate of drug-likeness (QED) is 0.814. The number of rotatable bonds is 4. The van der Waals surface area contributed by atoms with Gasteiger partial charge in [-0.2, -0.15) is 5.10 Å². The molecule has 22 heavy (non-hydrogen) atoms. The van der Waals surface area contributed by atoms with Crippen molar-refractivity contribution in [3.8, 4) is 11.3 Å². The number of aryl methyl sites for hydroxylation is 2. The van der Waals surface area contributed by atoms with Gasteiger partial charge in [0.25, 0.3) is 0 Å². The van der Waals surface area contributed by atoms with E-state index >= 15 is 0 Å². The first kappa shape index (κ1) is 13.6. The van der Waals surface area contributed by atoms with Gasteiger partial charge in [-0.1, -0.05) is 0 Å². The third kappa shape index (κ3) is 2.16.